The maximum absolute atomic E-state index is 12.6. The molecule has 1 aromatic carbocycles. The molecule has 1 amide bonds. The Kier molecular flexibility index (Phi) is 5.00. The fraction of sp³-hybridized carbons (Fsp3) is 0.438. The van der Waals surface area contributed by atoms with Crippen LogP contribution in [0.15, 0.2) is 40.9 Å². The average Bonchev–Trinajstić information content (AvgIpc) is 2.46. The van der Waals surface area contributed by atoms with Gasteiger partial charge in [-0.3, -0.25) is 4.79 Å². The molecule has 0 heterocycles. The molecule has 0 fully saturated rings. The average molecular weight is 337 g/mol. The molecule has 0 N–H and O–H groups in total. The monoisotopic (exact) mass is 336 g/mol. The standard InChI is InChI=1S/C16H21BrN2O/c1-18(2)14-6-4-5-7-15(14)19(3)16(20)12-8-10-13(17)11-9-12/h4-5,8-11,14-15H,6-7H2,1-3H3. The number of rotatable bonds is 3. The summed E-state index contributed by atoms with van der Waals surface area (Å²) in [5.74, 6) is 0.0876. The molecule has 1 aromatic rings. The molecule has 3 nitrogen and oxygen atoms in total. The topological polar surface area (TPSA) is 23.6 Å². The molecule has 1 aliphatic rings. The first-order valence-corrected chi connectivity index (χ1v) is 7.64. The van der Waals surface area contributed by atoms with Crippen LogP contribution in [-0.2, 0) is 0 Å². The molecule has 20 heavy (non-hydrogen) atoms. The van der Waals surface area contributed by atoms with Crippen LogP contribution >= 0.6 is 15.9 Å². The van der Waals surface area contributed by atoms with Crippen molar-refractivity contribution in [3.63, 3.8) is 0 Å². The van der Waals surface area contributed by atoms with Crippen molar-refractivity contribution in [3.05, 3.63) is 46.5 Å². The van der Waals surface area contributed by atoms with Crippen LogP contribution in [0.25, 0.3) is 0 Å². The highest BCUT2D eigenvalue weighted by Crippen LogP contribution is 2.22. The summed E-state index contributed by atoms with van der Waals surface area (Å²) in [6, 6.07) is 8.16. The van der Waals surface area contributed by atoms with Crippen LogP contribution in [0.3, 0.4) is 0 Å². The van der Waals surface area contributed by atoms with Crippen molar-refractivity contribution in [3.8, 4) is 0 Å². The summed E-state index contributed by atoms with van der Waals surface area (Å²) in [6.45, 7) is 0. The predicted octanol–water partition coefficient (Wildman–Crippen LogP) is 3.17. The van der Waals surface area contributed by atoms with Crippen molar-refractivity contribution < 1.29 is 4.79 Å². The molecule has 0 spiro atoms. The number of amides is 1. The van der Waals surface area contributed by atoms with E-state index in [1.165, 1.54) is 0 Å². The highest BCUT2D eigenvalue weighted by atomic mass is 79.9. The van der Waals surface area contributed by atoms with E-state index in [1.54, 1.807) is 0 Å². The van der Waals surface area contributed by atoms with E-state index in [0.717, 1.165) is 22.9 Å². The molecule has 2 rings (SSSR count). The Hall–Kier alpha value is -1.13. The van der Waals surface area contributed by atoms with E-state index in [1.807, 2.05) is 36.2 Å². The number of nitrogens with zero attached hydrogens (tertiary/aromatic N) is 2. The summed E-state index contributed by atoms with van der Waals surface area (Å²) in [7, 11) is 6.06. The molecule has 0 saturated carbocycles. The van der Waals surface area contributed by atoms with Gasteiger partial charge in [0.25, 0.3) is 5.91 Å². The van der Waals surface area contributed by atoms with Crippen LogP contribution in [0.2, 0.25) is 0 Å². The lowest BCUT2D eigenvalue weighted by Crippen LogP contribution is -2.50. The molecular weight excluding hydrogens is 316 g/mol. The van der Waals surface area contributed by atoms with Crippen LogP contribution in [0.4, 0.5) is 0 Å². The third-order valence-electron chi connectivity index (χ3n) is 3.94. The number of likely N-dealkylation sites (N-methyl/N-ethyl adjacent to an activating group) is 2. The van der Waals surface area contributed by atoms with Gasteiger partial charge in [-0.2, -0.15) is 0 Å². The van der Waals surface area contributed by atoms with Gasteiger partial charge in [-0.15, -0.1) is 0 Å². The minimum Gasteiger partial charge on any atom is -0.337 e. The van der Waals surface area contributed by atoms with E-state index in [0.29, 0.717) is 6.04 Å². The lowest BCUT2D eigenvalue weighted by Gasteiger charge is -2.39. The third kappa shape index (κ3) is 3.30. The van der Waals surface area contributed by atoms with E-state index < -0.39 is 0 Å². The number of hydrogen-bond acceptors (Lipinski definition) is 2. The molecule has 0 aliphatic heterocycles. The zero-order valence-electron chi connectivity index (χ0n) is 12.2. The van der Waals surface area contributed by atoms with Gasteiger partial charge in [-0.05, 0) is 51.2 Å². The normalized spacial score (nSPS) is 22.1. The van der Waals surface area contributed by atoms with Crippen molar-refractivity contribution in [2.75, 3.05) is 21.1 Å². The maximum atomic E-state index is 12.6. The Balaban J connectivity index is 2.16. The Labute approximate surface area is 129 Å². The van der Waals surface area contributed by atoms with Gasteiger partial charge >= 0.3 is 0 Å². The Morgan fingerprint density at radius 1 is 1.05 bits per heavy atom. The lowest BCUT2D eigenvalue weighted by atomic mass is 9.93. The fourth-order valence-electron chi connectivity index (χ4n) is 2.70. The first kappa shape index (κ1) is 15.3. The van der Waals surface area contributed by atoms with Crippen molar-refractivity contribution in [2.45, 2.75) is 24.9 Å². The van der Waals surface area contributed by atoms with Crippen LogP contribution in [0.1, 0.15) is 23.2 Å². The summed E-state index contributed by atoms with van der Waals surface area (Å²) in [4.78, 5) is 16.7. The lowest BCUT2D eigenvalue weighted by molar-refractivity contribution is 0.0624. The number of carbonyl (C=O) groups excluding carboxylic acids is 1. The van der Waals surface area contributed by atoms with Crippen LogP contribution in [0.5, 0.6) is 0 Å². The maximum Gasteiger partial charge on any atom is 0.253 e. The van der Waals surface area contributed by atoms with E-state index in [9.17, 15) is 4.79 Å². The minimum atomic E-state index is 0.0876. The number of hydrogen-bond donors (Lipinski definition) is 0. The van der Waals surface area contributed by atoms with Crippen molar-refractivity contribution in [1.82, 2.24) is 9.80 Å². The Morgan fingerprint density at radius 2 is 1.60 bits per heavy atom. The zero-order chi connectivity index (χ0) is 14.7. The molecule has 1 aliphatic carbocycles. The van der Waals surface area contributed by atoms with Gasteiger partial charge in [0.2, 0.25) is 0 Å². The van der Waals surface area contributed by atoms with Crippen molar-refractivity contribution in [2.24, 2.45) is 0 Å². The predicted molar refractivity (Wildman–Crippen MR) is 85.9 cm³/mol. The van der Waals surface area contributed by atoms with E-state index >= 15 is 0 Å². The smallest absolute Gasteiger partial charge is 0.253 e. The van der Waals surface area contributed by atoms with E-state index in [-0.39, 0.29) is 11.9 Å². The van der Waals surface area contributed by atoms with Crippen LogP contribution in [0, 0.1) is 0 Å². The van der Waals surface area contributed by atoms with Gasteiger partial charge in [0, 0.05) is 23.1 Å². The van der Waals surface area contributed by atoms with Crippen LogP contribution in [-0.4, -0.2) is 48.9 Å². The minimum absolute atomic E-state index is 0.0876. The Bertz CT molecular complexity index is 496. The molecule has 0 radical (unpaired) electrons. The molecule has 0 aromatic heterocycles. The molecule has 108 valence electrons. The van der Waals surface area contributed by atoms with E-state index in [2.05, 4.69) is 47.1 Å². The second kappa shape index (κ2) is 6.55. The van der Waals surface area contributed by atoms with Gasteiger partial charge in [0.1, 0.15) is 0 Å². The largest absolute Gasteiger partial charge is 0.337 e. The summed E-state index contributed by atoms with van der Waals surface area (Å²) in [5.41, 5.74) is 0.739. The van der Waals surface area contributed by atoms with Gasteiger partial charge in [-0.1, -0.05) is 28.1 Å². The number of halogens is 1. The van der Waals surface area contributed by atoms with E-state index in [4.69, 9.17) is 0 Å². The quantitative estimate of drug-likeness (QED) is 0.791. The summed E-state index contributed by atoms with van der Waals surface area (Å²) >= 11 is 3.40. The van der Waals surface area contributed by atoms with Gasteiger partial charge in [0.05, 0.1) is 6.04 Å². The summed E-state index contributed by atoms with van der Waals surface area (Å²) < 4.78 is 0.989. The molecule has 2 atom stereocenters. The third-order valence-corrected chi connectivity index (χ3v) is 4.47. The molecule has 2 unspecified atom stereocenters. The fourth-order valence-corrected chi connectivity index (χ4v) is 2.97. The molecule has 4 heteroatoms. The second-order valence-electron chi connectivity index (χ2n) is 5.46. The molecular formula is C16H21BrN2O. The SMILES string of the molecule is CN(C)C1CC=CCC1N(C)C(=O)c1ccc(Br)cc1. The van der Waals surface area contributed by atoms with Crippen LogP contribution < -0.4 is 0 Å². The van der Waals surface area contributed by atoms with Gasteiger partial charge < -0.3 is 9.80 Å². The van der Waals surface area contributed by atoms with Crippen molar-refractivity contribution in [1.29, 1.82) is 0 Å². The zero-order valence-corrected chi connectivity index (χ0v) is 13.8. The first-order valence-electron chi connectivity index (χ1n) is 6.85. The Morgan fingerprint density at radius 3 is 2.15 bits per heavy atom. The number of benzene rings is 1. The van der Waals surface area contributed by atoms with Crippen molar-refractivity contribution >= 4 is 21.8 Å². The van der Waals surface area contributed by atoms with Gasteiger partial charge in [0.15, 0.2) is 0 Å². The highest BCUT2D eigenvalue weighted by molar-refractivity contribution is 9.10. The second-order valence-corrected chi connectivity index (χ2v) is 6.38. The summed E-state index contributed by atoms with van der Waals surface area (Å²) in [5, 5.41) is 0. The summed E-state index contributed by atoms with van der Waals surface area (Å²) in [6.07, 6.45) is 6.30. The highest BCUT2D eigenvalue weighted by Gasteiger charge is 2.30. The molecule has 0 saturated heterocycles. The first-order chi connectivity index (χ1) is 9.50. The molecule has 0 bridgehead atoms. The van der Waals surface area contributed by atoms with Gasteiger partial charge in [-0.25, -0.2) is 0 Å². The number of carbonyl (C=O) groups is 1.